The second-order valence-electron chi connectivity index (χ2n) is 6.46. The Balaban J connectivity index is 1.37. The van der Waals surface area contributed by atoms with E-state index in [1.54, 1.807) is 0 Å². The van der Waals surface area contributed by atoms with E-state index in [0.29, 0.717) is 5.92 Å². The van der Waals surface area contributed by atoms with Crippen molar-refractivity contribution in [3.8, 4) is 0 Å². The highest BCUT2D eigenvalue weighted by Crippen LogP contribution is 2.19. The number of nitrogens with zero attached hydrogens (tertiary/aromatic N) is 5. The number of nitrogens with one attached hydrogen (secondary N) is 1. The molecule has 120 valence electrons. The third-order valence-corrected chi connectivity index (χ3v) is 4.71. The summed E-state index contributed by atoms with van der Waals surface area (Å²) in [6.07, 6.45) is 8.24. The normalized spacial score (nSPS) is 17.6. The van der Waals surface area contributed by atoms with E-state index in [4.69, 9.17) is 0 Å². The fourth-order valence-electron chi connectivity index (χ4n) is 3.47. The zero-order valence-electron chi connectivity index (χ0n) is 13.7. The molecule has 0 amide bonds. The minimum atomic E-state index is 0.675. The Hall–Kier alpha value is -2.21. The van der Waals surface area contributed by atoms with Crippen LogP contribution in [0.5, 0.6) is 0 Å². The Morgan fingerprint density at radius 3 is 3.17 bits per heavy atom. The van der Waals surface area contributed by atoms with Crippen LogP contribution in [0.15, 0.2) is 24.7 Å². The number of pyridine rings is 1. The van der Waals surface area contributed by atoms with Crippen molar-refractivity contribution in [1.29, 1.82) is 0 Å². The first-order valence-electron chi connectivity index (χ1n) is 8.19. The smallest absolute Gasteiger partial charge is 0.157 e. The van der Waals surface area contributed by atoms with Crippen LogP contribution >= 0.6 is 0 Å². The topological polar surface area (TPSA) is 60.6 Å². The van der Waals surface area contributed by atoms with Crippen LogP contribution < -0.4 is 5.32 Å². The zero-order chi connectivity index (χ0) is 15.8. The minimum absolute atomic E-state index is 0.675. The average molecular weight is 310 g/mol. The van der Waals surface area contributed by atoms with Crippen molar-refractivity contribution in [2.24, 2.45) is 13.0 Å². The van der Waals surface area contributed by atoms with Gasteiger partial charge in [-0.25, -0.2) is 9.97 Å². The van der Waals surface area contributed by atoms with Gasteiger partial charge >= 0.3 is 0 Å². The van der Waals surface area contributed by atoms with Crippen LogP contribution in [0, 0.1) is 12.8 Å². The first-order valence-corrected chi connectivity index (χ1v) is 8.19. The van der Waals surface area contributed by atoms with Crippen LogP contribution in [0.1, 0.15) is 23.5 Å². The highest BCUT2D eigenvalue weighted by molar-refractivity contribution is 5.78. The van der Waals surface area contributed by atoms with Gasteiger partial charge in [0.05, 0.1) is 5.69 Å². The monoisotopic (exact) mass is 310 g/mol. The Kier molecular flexibility index (Phi) is 3.61. The molecular weight excluding hydrogens is 288 g/mol. The average Bonchev–Trinajstić information content (AvgIpc) is 3.12. The summed E-state index contributed by atoms with van der Waals surface area (Å²) >= 11 is 0. The molecule has 1 atom stereocenters. The van der Waals surface area contributed by atoms with Gasteiger partial charge in [0, 0.05) is 50.5 Å². The standard InChI is InChI=1S/C17H22N6/c1-12-15-7-14(10-20-17(15)22(2)21-12)9-18-8-13-3-4-16-19-5-6-23(16)11-13/h5-7,10,13,18H,3-4,8-9,11H2,1-2H3. The summed E-state index contributed by atoms with van der Waals surface area (Å²) in [4.78, 5) is 8.92. The predicted octanol–water partition coefficient (Wildman–Crippen LogP) is 1.83. The fraction of sp³-hybridized carbons (Fsp3) is 0.471. The quantitative estimate of drug-likeness (QED) is 0.798. The molecule has 0 radical (unpaired) electrons. The lowest BCUT2D eigenvalue weighted by Crippen LogP contribution is -2.29. The van der Waals surface area contributed by atoms with Gasteiger partial charge in [-0.3, -0.25) is 4.68 Å². The van der Waals surface area contributed by atoms with Crippen molar-refractivity contribution >= 4 is 11.0 Å². The van der Waals surface area contributed by atoms with E-state index in [1.807, 2.05) is 31.0 Å². The summed E-state index contributed by atoms with van der Waals surface area (Å²) in [5, 5.41) is 9.16. The molecule has 0 saturated heterocycles. The van der Waals surface area contributed by atoms with Gasteiger partial charge in [0.1, 0.15) is 5.82 Å². The second kappa shape index (κ2) is 5.77. The number of fused-ring (bicyclic) bond motifs is 2. The first kappa shape index (κ1) is 14.4. The Labute approximate surface area is 135 Å². The van der Waals surface area contributed by atoms with Crippen LogP contribution in [0.3, 0.4) is 0 Å². The summed E-state index contributed by atoms with van der Waals surface area (Å²) in [6.45, 7) is 4.99. The maximum Gasteiger partial charge on any atom is 0.157 e. The zero-order valence-corrected chi connectivity index (χ0v) is 13.7. The van der Waals surface area contributed by atoms with Gasteiger partial charge in [-0.1, -0.05) is 0 Å². The van der Waals surface area contributed by atoms with Crippen molar-refractivity contribution < 1.29 is 0 Å². The molecular formula is C17H22N6. The van der Waals surface area contributed by atoms with E-state index in [0.717, 1.165) is 42.8 Å². The number of hydrogen-bond donors (Lipinski definition) is 1. The third-order valence-electron chi connectivity index (χ3n) is 4.71. The number of aryl methyl sites for hydroxylation is 3. The van der Waals surface area contributed by atoms with Crippen LogP contribution in [0.2, 0.25) is 0 Å². The Morgan fingerprint density at radius 1 is 1.35 bits per heavy atom. The molecule has 0 aliphatic carbocycles. The predicted molar refractivity (Wildman–Crippen MR) is 89.0 cm³/mol. The summed E-state index contributed by atoms with van der Waals surface area (Å²) in [5.74, 6) is 1.90. The van der Waals surface area contributed by atoms with Gasteiger partial charge in [0.25, 0.3) is 0 Å². The van der Waals surface area contributed by atoms with Crippen LogP contribution in [-0.2, 0) is 26.6 Å². The lowest BCUT2D eigenvalue weighted by atomic mass is 9.99. The Morgan fingerprint density at radius 2 is 2.26 bits per heavy atom. The number of rotatable bonds is 4. The minimum Gasteiger partial charge on any atom is -0.335 e. The molecule has 0 bridgehead atoms. The highest BCUT2D eigenvalue weighted by Gasteiger charge is 2.18. The molecule has 6 heteroatoms. The number of hydrogen-bond acceptors (Lipinski definition) is 4. The molecule has 4 heterocycles. The second-order valence-corrected chi connectivity index (χ2v) is 6.46. The van der Waals surface area contributed by atoms with Crippen molar-refractivity contribution in [2.45, 2.75) is 32.9 Å². The molecule has 23 heavy (non-hydrogen) atoms. The molecule has 0 saturated carbocycles. The molecule has 3 aromatic rings. The van der Waals surface area contributed by atoms with Gasteiger partial charge < -0.3 is 9.88 Å². The van der Waals surface area contributed by atoms with Crippen molar-refractivity contribution in [3.63, 3.8) is 0 Å². The van der Waals surface area contributed by atoms with E-state index in [9.17, 15) is 0 Å². The number of aromatic nitrogens is 5. The first-order chi connectivity index (χ1) is 11.2. The van der Waals surface area contributed by atoms with Crippen LogP contribution in [0.25, 0.3) is 11.0 Å². The summed E-state index contributed by atoms with van der Waals surface area (Å²) in [7, 11) is 1.94. The Bertz CT molecular complexity index is 831. The largest absolute Gasteiger partial charge is 0.335 e. The van der Waals surface area contributed by atoms with Gasteiger partial charge in [-0.2, -0.15) is 5.10 Å². The van der Waals surface area contributed by atoms with Gasteiger partial charge in [-0.15, -0.1) is 0 Å². The van der Waals surface area contributed by atoms with Crippen molar-refractivity contribution in [2.75, 3.05) is 6.54 Å². The molecule has 1 N–H and O–H groups in total. The lowest BCUT2D eigenvalue weighted by Gasteiger charge is -2.24. The molecule has 6 nitrogen and oxygen atoms in total. The van der Waals surface area contributed by atoms with Gasteiger partial charge in [-0.05, 0) is 37.4 Å². The van der Waals surface area contributed by atoms with E-state index in [-0.39, 0.29) is 0 Å². The summed E-state index contributed by atoms with van der Waals surface area (Å²) in [6, 6.07) is 2.20. The summed E-state index contributed by atoms with van der Waals surface area (Å²) < 4.78 is 4.12. The van der Waals surface area contributed by atoms with Gasteiger partial charge in [0.2, 0.25) is 0 Å². The third kappa shape index (κ3) is 2.74. The number of imidazole rings is 1. The van der Waals surface area contributed by atoms with Crippen molar-refractivity contribution in [3.05, 3.63) is 41.7 Å². The lowest BCUT2D eigenvalue weighted by molar-refractivity contribution is 0.347. The van der Waals surface area contributed by atoms with E-state index in [2.05, 4.69) is 37.2 Å². The van der Waals surface area contributed by atoms with Crippen molar-refractivity contribution in [1.82, 2.24) is 29.6 Å². The van der Waals surface area contributed by atoms with Gasteiger partial charge in [0.15, 0.2) is 5.65 Å². The summed E-state index contributed by atoms with van der Waals surface area (Å²) in [5.41, 5.74) is 3.20. The van der Waals surface area contributed by atoms with E-state index in [1.165, 1.54) is 17.8 Å². The maximum absolute atomic E-state index is 4.54. The highest BCUT2D eigenvalue weighted by atomic mass is 15.3. The SMILES string of the molecule is Cc1nn(C)c2ncc(CNCC3CCc4nccn4C3)cc12. The molecule has 1 aliphatic rings. The fourth-order valence-corrected chi connectivity index (χ4v) is 3.47. The van der Waals surface area contributed by atoms with Crippen LogP contribution in [-0.4, -0.2) is 30.9 Å². The molecule has 1 unspecified atom stereocenters. The van der Waals surface area contributed by atoms with Crippen LogP contribution in [0.4, 0.5) is 0 Å². The molecule has 0 aromatic carbocycles. The maximum atomic E-state index is 4.54. The van der Waals surface area contributed by atoms with E-state index < -0.39 is 0 Å². The molecule has 4 rings (SSSR count). The molecule has 3 aromatic heterocycles. The van der Waals surface area contributed by atoms with E-state index >= 15 is 0 Å². The molecule has 0 spiro atoms. The molecule has 0 fully saturated rings. The molecule has 1 aliphatic heterocycles.